The molecule has 2 heterocycles. The Morgan fingerprint density at radius 3 is 2.81 bits per heavy atom. The van der Waals surface area contributed by atoms with Gasteiger partial charge in [-0.15, -0.1) is 0 Å². The van der Waals surface area contributed by atoms with E-state index < -0.39 is 0 Å². The van der Waals surface area contributed by atoms with Crippen molar-refractivity contribution in [2.75, 3.05) is 14.1 Å². The molecular weight excluding hydrogens is 339 g/mol. The van der Waals surface area contributed by atoms with Crippen LogP contribution in [0.4, 0.5) is 0 Å². The molecule has 84 valence electrons. The summed E-state index contributed by atoms with van der Waals surface area (Å²) < 4.78 is 6.19. The molecule has 16 heavy (non-hydrogen) atoms. The first kappa shape index (κ1) is 11.7. The van der Waals surface area contributed by atoms with Crippen LogP contribution in [-0.2, 0) is 4.79 Å². The predicted molar refractivity (Wildman–Crippen MR) is 73.1 cm³/mol. The van der Waals surface area contributed by atoms with Crippen molar-refractivity contribution in [2.24, 2.45) is 4.99 Å². The number of carbonyl (C=O) groups is 1. The molecule has 0 spiro atoms. The van der Waals surface area contributed by atoms with Crippen LogP contribution in [0.15, 0.2) is 26.4 Å². The van der Waals surface area contributed by atoms with Crippen molar-refractivity contribution in [3.05, 3.63) is 26.6 Å². The Morgan fingerprint density at radius 1 is 1.56 bits per heavy atom. The van der Waals surface area contributed by atoms with Gasteiger partial charge in [-0.3, -0.25) is 14.7 Å². The maximum atomic E-state index is 11.8. The molecule has 1 aliphatic rings. The minimum atomic E-state index is -0.0444. The number of rotatable bonds is 1. The minimum Gasteiger partial charge on any atom is -0.451 e. The number of carbonyl (C=O) groups excluding carboxylic acids is 1. The number of hydrogen-bond donors (Lipinski definition) is 0. The molecule has 0 aromatic carbocycles. The number of aliphatic imine (C=N–C) groups is 1. The van der Waals surface area contributed by atoms with Crippen molar-refractivity contribution in [3.8, 4) is 0 Å². The average molecular weight is 348 g/mol. The van der Waals surface area contributed by atoms with Gasteiger partial charge in [0.05, 0.1) is 4.91 Å². The molecule has 2 rings (SSSR count). The first-order valence-electron chi connectivity index (χ1n) is 4.51. The monoisotopic (exact) mass is 348 g/mol. The summed E-state index contributed by atoms with van der Waals surface area (Å²) in [5, 5.41) is 0.706. The van der Waals surface area contributed by atoms with Gasteiger partial charge in [0, 0.05) is 20.2 Å². The highest BCUT2D eigenvalue weighted by atomic mass is 127. The Labute approximate surface area is 111 Å². The lowest BCUT2D eigenvalue weighted by molar-refractivity contribution is -0.121. The van der Waals surface area contributed by atoms with Crippen molar-refractivity contribution in [1.29, 1.82) is 0 Å². The van der Waals surface area contributed by atoms with E-state index in [-0.39, 0.29) is 5.91 Å². The van der Waals surface area contributed by atoms with Gasteiger partial charge in [0.2, 0.25) is 0 Å². The van der Waals surface area contributed by atoms with E-state index in [0.717, 1.165) is 3.77 Å². The summed E-state index contributed by atoms with van der Waals surface area (Å²) in [6.07, 6.45) is 1.74. The SMILES string of the molecule is CN=C1S/C(=C\c2ccc(I)o2)C(=O)N1C. The second kappa shape index (κ2) is 4.62. The topological polar surface area (TPSA) is 45.8 Å². The highest BCUT2D eigenvalue weighted by Crippen LogP contribution is 2.31. The zero-order chi connectivity index (χ0) is 11.7. The van der Waals surface area contributed by atoms with E-state index in [9.17, 15) is 4.79 Å². The smallest absolute Gasteiger partial charge is 0.266 e. The van der Waals surface area contributed by atoms with Crippen molar-refractivity contribution < 1.29 is 9.21 Å². The molecule has 1 aliphatic heterocycles. The van der Waals surface area contributed by atoms with Crippen LogP contribution in [-0.4, -0.2) is 30.1 Å². The maximum absolute atomic E-state index is 11.8. The molecule has 0 atom stereocenters. The second-order valence-electron chi connectivity index (χ2n) is 3.12. The molecule has 4 nitrogen and oxygen atoms in total. The second-order valence-corrected chi connectivity index (χ2v) is 5.20. The molecule has 1 saturated heterocycles. The minimum absolute atomic E-state index is 0.0444. The fourth-order valence-corrected chi connectivity index (χ4v) is 2.63. The molecule has 0 unspecified atom stereocenters. The van der Waals surface area contributed by atoms with Crippen LogP contribution < -0.4 is 0 Å². The van der Waals surface area contributed by atoms with Crippen LogP contribution >= 0.6 is 34.4 Å². The summed E-state index contributed by atoms with van der Waals surface area (Å²) in [5.74, 6) is 0.642. The van der Waals surface area contributed by atoms with Crippen molar-refractivity contribution in [2.45, 2.75) is 0 Å². The molecular formula is C10H9IN2O2S. The number of thioether (sulfide) groups is 1. The van der Waals surface area contributed by atoms with Crippen LogP contribution in [0.5, 0.6) is 0 Å². The van der Waals surface area contributed by atoms with E-state index >= 15 is 0 Å². The fraction of sp³-hybridized carbons (Fsp3) is 0.200. The van der Waals surface area contributed by atoms with E-state index in [1.165, 1.54) is 16.7 Å². The first-order valence-corrected chi connectivity index (χ1v) is 6.41. The molecule has 6 heteroatoms. The van der Waals surface area contributed by atoms with Crippen molar-refractivity contribution in [1.82, 2.24) is 4.90 Å². The molecule has 1 aromatic heterocycles. The largest absolute Gasteiger partial charge is 0.451 e. The van der Waals surface area contributed by atoms with Gasteiger partial charge in [-0.05, 0) is 46.5 Å². The number of furan rings is 1. The molecule has 0 N–H and O–H groups in total. The average Bonchev–Trinajstić information content (AvgIpc) is 2.78. The normalized spacial score (nSPS) is 21.4. The Balaban J connectivity index is 2.30. The number of amides is 1. The molecule has 0 saturated carbocycles. The Morgan fingerprint density at radius 2 is 2.31 bits per heavy atom. The quantitative estimate of drug-likeness (QED) is 0.578. The highest BCUT2D eigenvalue weighted by molar-refractivity contribution is 14.1. The third-order valence-corrected chi connectivity index (χ3v) is 3.79. The van der Waals surface area contributed by atoms with E-state index in [1.54, 1.807) is 20.2 Å². The summed E-state index contributed by atoms with van der Waals surface area (Å²) in [4.78, 5) is 18.0. The van der Waals surface area contributed by atoms with Gasteiger partial charge in [-0.2, -0.15) is 0 Å². The zero-order valence-corrected chi connectivity index (χ0v) is 11.7. The molecule has 0 aliphatic carbocycles. The van der Waals surface area contributed by atoms with Gasteiger partial charge in [-0.1, -0.05) is 0 Å². The third kappa shape index (κ3) is 2.17. The van der Waals surface area contributed by atoms with Crippen LogP contribution in [0, 0.1) is 3.77 Å². The fourth-order valence-electron chi connectivity index (χ4n) is 1.28. The van der Waals surface area contributed by atoms with Gasteiger partial charge in [0.1, 0.15) is 5.76 Å². The third-order valence-electron chi connectivity index (χ3n) is 2.06. The molecule has 0 bridgehead atoms. The number of amidine groups is 1. The zero-order valence-electron chi connectivity index (χ0n) is 8.73. The first-order chi connectivity index (χ1) is 7.61. The predicted octanol–water partition coefficient (Wildman–Crippen LogP) is 2.42. The summed E-state index contributed by atoms with van der Waals surface area (Å²) in [6.45, 7) is 0. The summed E-state index contributed by atoms with van der Waals surface area (Å²) in [5.41, 5.74) is 0. The number of nitrogens with zero attached hydrogens (tertiary/aromatic N) is 2. The lowest BCUT2D eigenvalue weighted by Crippen LogP contribution is -2.23. The molecule has 1 fully saturated rings. The van der Waals surface area contributed by atoms with Crippen LogP contribution in [0.1, 0.15) is 5.76 Å². The van der Waals surface area contributed by atoms with Gasteiger partial charge in [0.15, 0.2) is 8.93 Å². The highest BCUT2D eigenvalue weighted by Gasteiger charge is 2.29. The number of likely N-dealkylation sites (N-methyl/N-ethyl adjacent to an activating group) is 1. The van der Waals surface area contributed by atoms with E-state index in [2.05, 4.69) is 27.6 Å². The number of halogens is 1. The van der Waals surface area contributed by atoms with Crippen LogP contribution in [0.2, 0.25) is 0 Å². The number of hydrogen-bond acceptors (Lipinski definition) is 4. The van der Waals surface area contributed by atoms with Crippen molar-refractivity contribution >= 4 is 51.5 Å². The van der Waals surface area contributed by atoms with Gasteiger partial charge in [-0.25, -0.2) is 0 Å². The lowest BCUT2D eigenvalue weighted by Gasteiger charge is -2.04. The molecule has 1 aromatic rings. The summed E-state index contributed by atoms with van der Waals surface area (Å²) >= 11 is 3.44. The van der Waals surface area contributed by atoms with Crippen molar-refractivity contribution in [3.63, 3.8) is 0 Å². The molecule has 0 radical (unpaired) electrons. The van der Waals surface area contributed by atoms with Gasteiger partial charge >= 0.3 is 0 Å². The van der Waals surface area contributed by atoms with Gasteiger partial charge < -0.3 is 4.42 Å². The molecule has 1 amide bonds. The van der Waals surface area contributed by atoms with Crippen LogP contribution in [0.3, 0.4) is 0 Å². The van der Waals surface area contributed by atoms with E-state index in [4.69, 9.17) is 4.42 Å². The van der Waals surface area contributed by atoms with E-state index in [0.29, 0.717) is 15.8 Å². The standard InChI is InChI=1S/C10H9IN2O2S/c1-12-10-13(2)9(14)7(16-10)5-6-3-4-8(11)15-6/h3-5H,1-2H3/b7-5-,12-10?. The lowest BCUT2D eigenvalue weighted by atomic mass is 10.4. The summed E-state index contributed by atoms with van der Waals surface area (Å²) in [7, 11) is 3.38. The summed E-state index contributed by atoms with van der Waals surface area (Å²) in [6, 6.07) is 3.69. The Bertz CT molecular complexity index is 493. The Hall–Kier alpha value is -0.760. The van der Waals surface area contributed by atoms with E-state index in [1.807, 2.05) is 12.1 Å². The van der Waals surface area contributed by atoms with Crippen LogP contribution in [0.25, 0.3) is 6.08 Å². The van der Waals surface area contributed by atoms with Gasteiger partial charge in [0.25, 0.3) is 5.91 Å². The Kier molecular flexibility index (Phi) is 3.38. The maximum Gasteiger partial charge on any atom is 0.266 e.